The summed E-state index contributed by atoms with van der Waals surface area (Å²) in [6.45, 7) is 4.52. The van der Waals surface area contributed by atoms with Crippen LogP contribution in [0, 0.1) is 13.8 Å². The van der Waals surface area contributed by atoms with Gasteiger partial charge in [0.25, 0.3) is 0 Å². The average Bonchev–Trinajstić information content (AvgIpc) is 3.80. The Balaban J connectivity index is 1.27. The molecule has 308 valence electrons. The zero-order valence-electron chi connectivity index (χ0n) is 33.4. The van der Waals surface area contributed by atoms with E-state index in [9.17, 15) is 20.1 Å². The molecular formula is C43H49N3O11S. The van der Waals surface area contributed by atoms with Crippen LogP contribution in [-0.4, -0.2) is 102 Å². The highest BCUT2D eigenvalue weighted by Crippen LogP contribution is 2.62. The Morgan fingerprint density at radius 1 is 1.09 bits per heavy atom. The number of ether oxygens (including phenoxy) is 5. The van der Waals surface area contributed by atoms with Gasteiger partial charge < -0.3 is 48.3 Å². The standard InChI is InChI=1S/C43H49N3O11S/c1-20-14-23-15-29(49)46-27-18-53-42(51)43(41-26(16-24(17-47)44-43)25-10-7-8-11-28(25)57-41)12-9-13-58-40(34(46)33(45(4)5)30(23)35(50)36(20)52-6)32-31(27)39-38(54-19-55-39)21(2)37(32)56-22(3)48/h7-8,10-11,14,24,27,29,33-34,40,44,47,49-50H,9,12-13,15-19H2,1-6H3/t24-,27+,29+,33+,34-,40-,43+/m0/s1. The van der Waals surface area contributed by atoms with Crippen molar-refractivity contribution >= 4 is 34.7 Å². The van der Waals surface area contributed by atoms with Gasteiger partial charge in [-0.25, -0.2) is 4.79 Å². The van der Waals surface area contributed by atoms with E-state index >= 15 is 4.79 Å². The van der Waals surface area contributed by atoms with Crippen molar-refractivity contribution in [3.05, 3.63) is 75.0 Å². The summed E-state index contributed by atoms with van der Waals surface area (Å²) >= 11 is 1.63. The van der Waals surface area contributed by atoms with Gasteiger partial charge in [-0.3, -0.25) is 15.0 Å². The molecule has 0 saturated carbocycles. The molecule has 1 fully saturated rings. The predicted molar refractivity (Wildman–Crippen MR) is 214 cm³/mol. The summed E-state index contributed by atoms with van der Waals surface area (Å²) in [6.07, 6.45) is 0.275. The molecule has 1 spiro atoms. The first kappa shape index (κ1) is 39.0. The molecule has 6 aliphatic rings. The third-order valence-corrected chi connectivity index (χ3v) is 14.0. The Hall–Kier alpha value is -4.51. The zero-order valence-corrected chi connectivity index (χ0v) is 34.2. The zero-order chi connectivity index (χ0) is 40.8. The van der Waals surface area contributed by atoms with Crippen LogP contribution in [0.1, 0.15) is 81.8 Å². The number of benzene rings is 3. The number of para-hydroxylation sites is 1. The van der Waals surface area contributed by atoms with E-state index in [2.05, 4.69) is 5.32 Å². The Bertz CT molecular complexity index is 2330. The number of esters is 2. The van der Waals surface area contributed by atoms with Crippen LogP contribution in [0.3, 0.4) is 0 Å². The number of nitrogens with one attached hydrogen (secondary N) is 1. The highest BCUT2D eigenvalue weighted by Gasteiger charge is 2.57. The molecule has 7 atom stereocenters. The number of furan rings is 1. The third kappa shape index (κ3) is 5.80. The molecule has 14 nitrogen and oxygen atoms in total. The maximum atomic E-state index is 15.1. The van der Waals surface area contributed by atoms with E-state index in [1.807, 2.05) is 68.1 Å². The van der Waals surface area contributed by atoms with E-state index < -0.39 is 53.1 Å². The van der Waals surface area contributed by atoms with Crippen LogP contribution in [-0.2, 0) is 32.7 Å². The minimum absolute atomic E-state index is 0.00337. The predicted octanol–water partition coefficient (Wildman–Crippen LogP) is 4.83. The van der Waals surface area contributed by atoms with E-state index in [-0.39, 0.29) is 32.2 Å². The van der Waals surface area contributed by atoms with Gasteiger partial charge in [-0.1, -0.05) is 24.3 Å². The highest BCUT2D eigenvalue weighted by molar-refractivity contribution is 7.99. The lowest BCUT2D eigenvalue weighted by atomic mass is 9.80. The molecule has 3 aromatic carbocycles. The lowest BCUT2D eigenvalue weighted by Crippen LogP contribution is -2.60. The molecule has 0 amide bonds. The van der Waals surface area contributed by atoms with Gasteiger partial charge in [0.15, 0.2) is 28.5 Å². The lowest BCUT2D eigenvalue weighted by molar-refractivity contribution is -0.161. The number of phenolic OH excluding ortho intramolecular Hbond substituents is 1. The number of hydrogen-bond acceptors (Lipinski definition) is 15. The SMILES string of the molecule is COc1c(C)cc2c(c1O)[C@@H](N(C)C)[C@H]1[C@H]3SCCC[C@]4(N[C@H](CO)Cc5c4oc4ccccc54)C(=O)OC[C@H](c4c5c(c(C)c(OC(C)=O)c43)OCO5)N1[C@H](O)C2. The Labute approximate surface area is 340 Å². The molecule has 1 saturated heterocycles. The lowest BCUT2D eigenvalue weighted by Gasteiger charge is -2.52. The number of aliphatic hydroxyl groups is 2. The fourth-order valence-corrected chi connectivity index (χ4v) is 11.8. The van der Waals surface area contributed by atoms with Crippen molar-refractivity contribution in [2.24, 2.45) is 0 Å². The first-order valence-corrected chi connectivity index (χ1v) is 20.8. The maximum absolute atomic E-state index is 15.1. The Kier molecular flexibility index (Phi) is 9.84. The van der Waals surface area contributed by atoms with Gasteiger partial charge in [-0.15, -0.1) is 0 Å². The fourth-order valence-electron chi connectivity index (χ4n) is 10.4. The number of carbonyl (C=O) groups is 2. The largest absolute Gasteiger partial charge is 0.504 e. The number of likely N-dealkylation sites (N-methyl/N-ethyl adjacent to an activating group) is 1. The van der Waals surface area contributed by atoms with Crippen molar-refractivity contribution in [2.45, 2.75) is 87.6 Å². The number of thioether (sulfide) groups is 1. The number of aliphatic hydroxyl groups excluding tert-OH is 2. The van der Waals surface area contributed by atoms with Gasteiger partial charge in [0.1, 0.15) is 29.9 Å². The molecular weight excluding hydrogens is 767 g/mol. The van der Waals surface area contributed by atoms with E-state index in [1.165, 1.54) is 14.0 Å². The number of phenols is 1. The number of aryl methyl sites for hydroxylation is 1. The monoisotopic (exact) mass is 815 g/mol. The molecule has 2 bridgehead atoms. The summed E-state index contributed by atoms with van der Waals surface area (Å²) in [5, 5.41) is 39.1. The molecule has 4 aromatic rings. The van der Waals surface area contributed by atoms with Crippen molar-refractivity contribution in [1.82, 2.24) is 15.1 Å². The minimum atomic E-state index is -1.42. The van der Waals surface area contributed by atoms with Crippen molar-refractivity contribution in [1.29, 1.82) is 0 Å². The summed E-state index contributed by atoms with van der Waals surface area (Å²) in [4.78, 5) is 32.1. The molecule has 1 aromatic heterocycles. The van der Waals surface area contributed by atoms with Crippen molar-refractivity contribution in [2.75, 3.05) is 47.0 Å². The molecule has 0 aliphatic carbocycles. The van der Waals surface area contributed by atoms with Crippen molar-refractivity contribution < 1.29 is 53.0 Å². The summed E-state index contributed by atoms with van der Waals surface area (Å²) in [5.74, 6) is 1.44. The minimum Gasteiger partial charge on any atom is -0.504 e. The van der Waals surface area contributed by atoms with E-state index in [1.54, 1.807) is 11.8 Å². The highest BCUT2D eigenvalue weighted by atomic mass is 32.2. The van der Waals surface area contributed by atoms with Gasteiger partial charge in [-0.05, 0) is 70.2 Å². The van der Waals surface area contributed by atoms with Crippen LogP contribution in [0.2, 0.25) is 0 Å². The topological polar surface area (TPSA) is 173 Å². The summed E-state index contributed by atoms with van der Waals surface area (Å²) in [5.41, 5.74) is 4.08. The van der Waals surface area contributed by atoms with Crippen LogP contribution in [0.4, 0.5) is 0 Å². The maximum Gasteiger partial charge on any atom is 0.334 e. The number of nitrogens with zero attached hydrogens (tertiary/aromatic N) is 2. The van der Waals surface area contributed by atoms with Gasteiger partial charge in [-0.2, -0.15) is 11.8 Å². The normalized spacial score (nSPS) is 27.8. The first-order chi connectivity index (χ1) is 27.9. The summed E-state index contributed by atoms with van der Waals surface area (Å²) in [6, 6.07) is 7.20. The Morgan fingerprint density at radius 2 is 1.86 bits per heavy atom. The van der Waals surface area contributed by atoms with Gasteiger partial charge in [0, 0.05) is 58.6 Å². The van der Waals surface area contributed by atoms with Gasteiger partial charge in [0.2, 0.25) is 6.79 Å². The Morgan fingerprint density at radius 3 is 2.60 bits per heavy atom. The number of hydrogen-bond donors (Lipinski definition) is 4. The van der Waals surface area contributed by atoms with E-state index in [0.717, 1.165) is 22.1 Å². The number of carbonyl (C=O) groups excluding carboxylic acids is 2. The molecule has 6 aliphatic heterocycles. The number of methoxy groups -OCH3 is 1. The third-order valence-electron chi connectivity index (χ3n) is 12.6. The number of fused-ring (bicyclic) bond motifs is 10. The molecule has 4 N–H and O–H groups in total. The van der Waals surface area contributed by atoms with E-state index in [0.29, 0.717) is 81.6 Å². The number of aromatic hydroxyl groups is 1. The molecule has 7 heterocycles. The summed E-state index contributed by atoms with van der Waals surface area (Å²) in [7, 11) is 5.39. The van der Waals surface area contributed by atoms with Crippen LogP contribution < -0.4 is 24.3 Å². The summed E-state index contributed by atoms with van der Waals surface area (Å²) < 4.78 is 37.2. The molecule has 58 heavy (non-hydrogen) atoms. The van der Waals surface area contributed by atoms with Crippen LogP contribution in [0.15, 0.2) is 34.7 Å². The number of rotatable bonds is 4. The van der Waals surface area contributed by atoms with Gasteiger partial charge >= 0.3 is 11.9 Å². The molecule has 15 heteroatoms. The second-order valence-corrected chi connectivity index (χ2v) is 17.4. The fraction of sp³-hybridized carbons (Fsp3) is 0.488. The first-order valence-electron chi connectivity index (χ1n) is 19.7. The van der Waals surface area contributed by atoms with Gasteiger partial charge in [0.05, 0.1) is 31.1 Å². The van der Waals surface area contributed by atoms with Crippen LogP contribution >= 0.6 is 11.8 Å². The van der Waals surface area contributed by atoms with E-state index in [4.69, 9.17) is 28.1 Å². The smallest absolute Gasteiger partial charge is 0.334 e. The van der Waals surface area contributed by atoms with Crippen molar-refractivity contribution in [3.63, 3.8) is 0 Å². The van der Waals surface area contributed by atoms with Crippen LogP contribution in [0.25, 0.3) is 11.0 Å². The molecule has 10 rings (SSSR count). The molecule has 0 radical (unpaired) electrons. The van der Waals surface area contributed by atoms with Crippen LogP contribution in [0.5, 0.6) is 28.7 Å². The molecule has 0 unspecified atom stereocenters. The second kappa shape index (κ2) is 14.6. The second-order valence-electron chi connectivity index (χ2n) is 16.2. The quantitative estimate of drug-likeness (QED) is 0.163. The average molecular weight is 816 g/mol. The van der Waals surface area contributed by atoms with Crippen molar-refractivity contribution in [3.8, 4) is 28.7 Å².